The van der Waals surface area contributed by atoms with E-state index in [1.807, 2.05) is 24.3 Å². The maximum atomic E-state index is 12.2. The highest BCUT2D eigenvalue weighted by Crippen LogP contribution is 2.24. The number of hydrogen-bond donors (Lipinski definition) is 2. The van der Waals surface area contributed by atoms with Crippen molar-refractivity contribution < 1.29 is 4.79 Å². The zero-order chi connectivity index (χ0) is 14.0. The zero-order valence-electron chi connectivity index (χ0n) is 11.9. The fraction of sp³-hybridized carbons (Fsp3) is 0.467. The van der Waals surface area contributed by atoms with Crippen LogP contribution in [0.4, 0.5) is 0 Å². The van der Waals surface area contributed by atoms with Gasteiger partial charge in [-0.1, -0.05) is 45.9 Å². The first-order chi connectivity index (χ1) is 8.89. The lowest BCUT2D eigenvalue weighted by Crippen LogP contribution is -2.33. The van der Waals surface area contributed by atoms with Gasteiger partial charge in [-0.25, -0.2) is 0 Å². The molecule has 2 aromatic rings. The maximum Gasteiger partial charge on any atom is 0.272 e. The highest BCUT2D eigenvalue weighted by atomic mass is 16.1. The molecule has 0 radical (unpaired) electrons. The summed E-state index contributed by atoms with van der Waals surface area (Å²) in [5.41, 5.74) is 1.54. The molecule has 1 heterocycles. The molecule has 1 atom stereocenters. The van der Waals surface area contributed by atoms with Crippen molar-refractivity contribution >= 4 is 16.8 Å². The minimum atomic E-state index is -0.117. The van der Waals surface area contributed by atoms with Gasteiger partial charge in [0.1, 0.15) is 0 Å². The molecule has 1 aromatic carbocycles. The molecule has 0 aliphatic rings. The van der Waals surface area contributed by atoms with Gasteiger partial charge < -0.3 is 5.32 Å². The molecule has 0 saturated carbocycles. The molecule has 102 valence electrons. The number of para-hydroxylation sites is 1. The van der Waals surface area contributed by atoms with Crippen LogP contribution in [0.25, 0.3) is 10.9 Å². The number of carbonyl (C=O) groups excluding carboxylic acids is 1. The lowest BCUT2D eigenvalue weighted by atomic mass is 9.82. The summed E-state index contributed by atoms with van der Waals surface area (Å²) in [6, 6.07) is 7.65. The van der Waals surface area contributed by atoms with Gasteiger partial charge in [-0.2, -0.15) is 5.10 Å². The first-order valence-corrected chi connectivity index (χ1v) is 6.61. The van der Waals surface area contributed by atoms with Crippen LogP contribution in [-0.2, 0) is 0 Å². The van der Waals surface area contributed by atoms with Gasteiger partial charge in [-0.15, -0.1) is 0 Å². The molecular weight excluding hydrogens is 238 g/mol. The predicted octanol–water partition coefficient (Wildman–Crippen LogP) is 2.97. The third-order valence-corrected chi connectivity index (χ3v) is 3.73. The lowest BCUT2D eigenvalue weighted by Gasteiger charge is -2.27. The number of nitrogens with one attached hydrogen (secondary N) is 2. The standard InChI is InChI=1S/C15H21N3O/c1-10(15(2,3)4)9-16-14(19)13-11-7-5-6-8-12(11)17-18-13/h5-8,10H,9H2,1-4H3,(H,16,19)(H,17,18). The first kappa shape index (κ1) is 13.6. The van der Waals surface area contributed by atoms with Crippen LogP contribution in [0.3, 0.4) is 0 Å². The van der Waals surface area contributed by atoms with Crippen molar-refractivity contribution in [2.45, 2.75) is 27.7 Å². The van der Waals surface area contributed by atoms with E-state index in [2.05, 4.69) is 43.2 Å². The number of aromatic nitrogens is 2. The van der Waals surface area contributed by atoms with Crippen LogP contribution in [0.5, 0.6) is 0 Å². The fourth-order valence-electron chi connectivity index (χ4n) is 1.77. The molecule has 2 N–H and O–H groups in total. The number of nitrogens with zero attached hydrogens (tertiary/aromatic N) is 1. The van der Waals surface area contributed by atoms with Crippen molar-refractivity contribution in [2.75, 3.05) is 6.54 Å². The van der Waals surface area contributed by atoms with Crippen LogP contribution in [0, 0.1) is 11.3 Å². The second kappa shape index (κ2) is 5.03. The Hall–Kier alpha value is -1.84. The van der Waals surface area contributed by atoms with E-state index in [4.69, 9.17) is 0 Å². The Morgan fingerprint density at radius 1 is 1.37 bits per heavy atom. The number of hydrogen-bond acceptors (Lipinski definition) is 2. The number of fused-ring (bicyclic) bond motifs is 1. The van der Waals surface area contributed by atoms with Crippen LogP contribution in [0.1, 0.15) is 38.2 Å². The summed E-state index contributed by atoms with van der Waals surface area (Å²) >= 11 is 0. The molecule has 1 unspecified atom stereocenters. The number of rotatable bonds is 3. The second-order valence-electron chi connectivity index (χ2n) is 6.09. The number of amides is 1. The van der Waals surface area contributed by atoms with E-state index in [1.165, 1.54) is 0 Å². The molecule has 0 aliphatic heterocycles. The maximum absolute atomic E-state index is 12.2. The fourth-order valence-corrected chi connectivity index (χ4v) is 1.77. The first-order valence-electron chi connectivity index (χ1n) is 6.61. The van der Waals surface area contributed by atoms with Gasteiger partial charge in [-0.3, -0.25) is 9.89 Å². The largest absolute Gasteiger partial charge is 0.350 e. The molecule has 0 fully saturated rings. The summed E-state index contributed by atoms with van der Waals surface area (Å²) in [6.45, 7) is 9.32. The molecule has 0 aliphatic carbocycles. The van der Waals surface area contributed by atoms with Gasteiger partial charge in [0.2, 0.25) is 0 Å². The van der Waals surface area contributed by atoms with E-state index in [0.717, 1.165) is 10.9 Å². The molecule has 4 nitrogen and oxygen atoms in total. The summed E-state index contributed by atoms with van der Waals surface area (Å²) < 4.78 is 0. The number of H-pyrrole nitrogens is 1. The molecule has 0 spiro atoms. The monoisotopic (exact) mass is 259 g/mol. The summed E-state index contributed by atoms with van der Waals surface area (Å²) in [6.07, 6.45) is 0. The predicted molar refractivity (Wildman–Crippen MR) is 77.0 cm³/mol. The second-order valence-corrected chi connectivity index (χ2v) is 6.09. The van der Waals surface area contributed by atoms with Gasteiger partial charge in [0.05, 0.1) is 5.52 Å². The van der Waals surface area contributed by atoms with Crippen molar-refractivity contribution in [3.63, 3.8) is 0 Å². The van der Waals surface area contributed by atoms with E-state index < -0.39 is 0 Å². The van der Waals surface area contributed by atoms with Gasteiger partial charge in [0, 0.05) is 11.9 Å². The molecule has 0 saturated heterocycles. The molecule has 4 heteroatoms. The Morgan fingerprint density at radius 2 is 2.05 bits per heavy atom. The number of carbonyl (C=O) groups is 1. The third kappa shape index (κ3) is 2.95. The average molecular weight is 259 g/mol. The molecule has 2 rings (SSSR count). The Balaban J connectivity index is 2.09. The topological polar surface area (TPSA) is 57.8 Å². The quantitative estimate of drug-likeness (QED) is 0.890. The minimum absolute atomic E-state index is 0.117. The van der Waals surface area contributed by atoms with Gasteiger partial charge >= 0.3 is 0 Å². The Labute approximate surface area is 113 Å². The Morgan fingerprint density at radius 3 is 2.74 bits per heavy atom. The average Bonchev–Trinajstić information content (AvgIpc) is 2.78. The SMILES string of the molecule is CC(CNC(=O)c1n[nH]c2ccccc12)C(C)(C)C. The summed E-state index contributed by atoms with van der Waals surface area (Å²) in [5.74, 6) is 0.287. The van der Waals surface area contributed by atoms with Crippen molar-refractivity contribution in [3.05, 3.63) is 30.0 Å². The third-order valence-electron chi connectivity index (χ3n) is 3.73. The normalized spacial score (nSPS) is 13.5. The summed E-state index contributed by atoms with van der Waals surface area (Å²) in [7, 11) is 0. The van der Waals surface area contributed by atoms with Crippen LogP contribution >= 0.6 is 0 Å². The van der Waals surface area contributed by atoms with Crippen molar-refractivity contribution in [2.24, 2.45) is 11.3 Å². The summed E-state index contributed by atoms with van der Waals surface area (Å²) in [5, 5.41) is 10.8. The van der Waals surface area contributed by atoms with Crippen LogP contribution in [-0.4, -0.2) is 22.6 Å². The highest BCUT2D eigenvalue weighted by Gasteiger charge is 2.21. The molecule has 0 bridgehead atoms. The van der Waals surface area contributed by atoms with E-state index in [-0.39, 0.29) is 11.3 Å². The van der Waals surface area contributed by atoms with Crippen molar-refractivity contribution in [3.8, 4) is 0 Å². The van der Waals surface area contributed by atoms with E-state index in [0.29, 0.717) is 18.2 Å². The van der Waals surface area contributed by atoms with Gasteiger partial charge in [0.25, 0.3) is 5.91 Å². The molecule has 19 heavy (non-hydrogen) atoms. The number of benzene rings is 1. The Bertz CT molecular complexity index is 580. The van der Waals surface area contributed by atoms with E-state index in [1.54, 1.807) is 0 Å². The summed E-state index contributed by atoms with van der Waals surface area (Å²) in [4.78, 5) is 12.2. The smallest absolute Gasteiger partial charge is 0.272 e. The van der Waals surface area contributed by atoms with Crippen molar-refractivity contribution in [1.82, 2.24) is 15.5 Å². The Kier molecular flexibility index (Phi) is 3.60. The van der Waals surface area contributed by atoms with Crippen LogP contribution < -0.4 is 5.32 Å². The van der Waals surface area contributed by atoms with E-state index >= 15 is 0 Å². The molecule has 1 aromatic heterocycles. The minimum Gasteiger partial charge on any atom is -0.350 e. The highest BCUT2D eigenvalue weighted by molar-refractivity contribution is 6.04. The van der Waals surface area contributed by atoms with Gasteiger partial charge in [-0.05, 0) is 17.4 Å². The molecule has 1 amide bonds. The van der Waals surface area contributed by atoms with Crippen LogP contribution in [0.15, 0.2) is 24.3 Å². The van der Waals surface area contributed by atoms with Crippen LogP contribution in [0.2, 0.25) is 0 Å². The van der Waals surface area contributed by atoms with Crippen molar-refractivity contribution in [1.29, 1.82) is 0 Å². The molecular formula is C15H21N3O. The lowest BCUT2D eigenvalue weighted by molar-refractivity contribution is 0.0933. The van der Waals surface area contributed by atoms with Gasteiger partial charge in [0.15, 0.2) is 5.69 Å². The zero-order valence-corrected chi connectivity index (χ0v) is 11.9. The van der Waals surface area contributed by atoms with E-state index in [9.17, 15) is 4.79 Å². The number of aromatic amines is 1.